The third kappa shape index (κ3) is 4.09. The number of carbonyl (C=O) groups excluding carboxylic acids is 2. The van der Waals surface area contributed by atoms with E-state index in [0.717, 1.165) is 28.2 Å². The lowest BCUT2D eigenvalue weighted by molar-refractivity contribution is -0.120. The fraction of sp³-hybridized carbons (Fsp3) is 0.154. The van der Waals surface area contributed by atoms with Crippen LogP contribution in [0, 0.1) is 25.5 Å². The molecule has 0 radical (unpaired) electrons. The van der Waals surface area contributed by atoms with Gasteiger partial charge in [-0.15, -0.1) is 0 Å². The van der Waals surface area contributed by atoms with Crippen molar-refractivity contribution < 1.29 is 23.1 Å². The molecule has 1 aliphatic heterocycles. The SMILES string of the molecule is CCOc1ccccc1NC1=C(c2ccc(C)c(C)c2)C(=O)N(c2ccc(F)cc2F)C1=O. The molecule has 0 aliphatic carbocycles. The smallest absolute Gasteiger partial charge is 0.282 e. The average Bonchev–Trinajstić information content (AvgIpc) is 3.01. The molecule has 0 atom stereocenters. The Morgan fingerprint density at radius 1 is 0.909 bits per heavy atom. The van der Waals surface area contributed by atoms with Gasteiger partial charge in [-0.2, -0.15) is 0 Å². The van der Waals surface area contributed by atoms with Crippen molar-refractivity contribution in [3.05, 3.63) is 94.7 Å². The summed E-state index contributed by atoms with van der Waals surface area (Å²) >= 11 is 0. The highest BCUT2D eigenvalue weighted by Crippen LogP contribution is 2.37. The molecule has 4 rings (SSSR count). The van der Waals surface area contributed by atoms with Gasteiger partial charge in [0, 0.05) is 6.07 Å². The van der Waals surface area contributed by atoms with Gasteiger partial charge < -0.3 is 10.1 Å². The number of hydrogen-bond acceptors (Lipinski definition) is 4. The number of nitrogens with one attached hydrogen (secondary N) is 1. The van der Waals surface area contributed by atoms with Crippen molar-refractivity contribution in [2.75, 3.05) is 16.8 Å². The highest BCUT2D eigenvalue weighted by atomic mass is 19.1. The van der Waals surface area contributed by atoms with Crippen molar-refractivity contribution >= 4 is 28.8 Å². The van der Waals surface area contributed by atoms with E-state index in [1.54, 1.807) is 36.4 Å². The van der Waals surface area contributed by atoms with Crippen molar-refractivity contribution in [2.45, 2.75) is 20.8 Å². The van der Waals surface area contributed by atoms with Crippen LogP contribution in [0.15, 0.2) is 66.4 Å². The Kier molecular flexibility index (Phi) is 5.96. The van der Waals surface area contributed by atoms with Gasteiger partial charge in [0.25, 0.3) is 11.8 Å². The quantitative estimate of drug-likeness (QED) is 0.515. The Hall–Kier alpha value is -4.00. The Bertz CT molecular complexity index is 1300. The zero-order chi connectivity index (χ0) is 23.7. The fourth-order valence-corrected chi connectivity index (χ4v) is 3.68. The van der Waals surface area contributed by atoms with Gasteiger partial charge in [-0.3, -0.25) is 9.59 Å². The molecule has 0 saturated heterocycles. The van der Waals surface area contributed by atoms with Crippen molar-refractivity contribution in [3.63, 3.8) is 0 Å². The second kappa shape index (κ2) is 8.86. The number of carbonyl (C=O) groups is 2. The molecule has 168 valence electrons. The second-order valence-corrected chi connectivity index (χ2v) is 7.64. The molecule has 1 heterocycles. The number of ether oxygens (including phenoxy) is 1. The van der Waals surface area contributed by atoms with Gasteiger partial charge in [-0.1, -0.05) is 30.3 Å². The molecule has 3 aromatic carbocycles. The number of imide groups is 1. The summed E-state index contributed by atoms with van der Waals surface area (Å²) in [4.78, 5) is 27.7. The first-order chi connectivity index (χ1) is 15.8. The van der Waals surface area contributed by atoms with Crippen LogP contribution in [0.3, 0.4) is 0 Å². The van der Waals surface area contributed by atoms with Crippen LogP contribution in [-0.4, -0.2) is 18.4 Å². The standard InChI is InChI=1S/C26H22F2N2O3/c1-4-33-22-8-6-5-7-20(22)29-24-23(17-10-9-15(2)16(3)13-17)25(31)30(26(24)32)21-12-11-18(27)14-19(21)28/h5-14,29H,4H2,1-3H3. The van der Waals surface area contributed by atoms with Crippen molar-refractivity contribution in [2.24, 2.45) is 0 Å². The molecule has 0 bridgehead atoms. The van der Waals surface area contributed by atoms with E-state index in [0.29, 0.717) is 29.7 Å². The average molecular weight is 448 g/mol. The molecule has 33 heavy (non-hydrogen) atoms. The van der Waals surface area contributed by atoms with Gasteiger partial charge in [0.1, 0.15) is 23.1 Å². The van der Waals surface area contributed by atoms with Crippen LogP contribution in [0.5, 0.6) is 5.75 Å². The zero-order valence-corrected chi connectivity index (χ0v) is 18.4. The van der Waals surface area contributed by atoms with Crippen LogP contribution < -0.4 is 15.0 Å². The van der Waals surface area contributed by atoms with Crippen LogP contribution in [0.4, 0.5) is 20.2 Å². The van der Waals surface area contributed by atoms with Crippen molar-refractivity contribution in [1.29, 1.82) is 0 Å². The molecule has 1 aliphatic rings. The summed E-state index contributed by atoms with van der Waals surface area (Å²) in [6.45, 7) is 6.07. The Labute approximate surface area is 190 Å². The summed E-state index contributed by atoms with van der Waals surface area (Å²) in [6.07, 6.45) is 0. The van der Waals surface area contributed by atoms with E-state index in [9.17, 15) is 18.4 Å². The van der Waals surface area contributed by atoms with E-state index in [1.807, 2.05) is 26.8 Å². The van der Waals surface area contributed by atoms with Crippen LogP contribution in [-0.2, 0) is 9.59 Å². The van der Waals surface area contributed by atoms with Gasteiger partial charge in [-0.05, 0) is 61.7 Å². The van der Waals surface area contributed by atoms with Crippen LogP contribution in [0.2, 0.25) is 0 Å². The van der Waals surface area contributed by atoms with Gasteiger partial charge in [0.2, 0.25) is 0 Å². The number of nitrogens with zero attached hydrogens (tertiary/aromatic N) is 1. The van der Waals surface area contributed by atoms with E-state index in [-0.39, 0.29) is 17.0 Å². The fourth-order valence-electron chi connectivity index (χ4n) is 3.68. The maximum atomic E-state index is 14.6. The number of benzene rings is 3. The predicted octanol–water partition coefficient (Wildman–Crippen LogP) is 5.38. The molecule has 0 unspecified atom stereocenters. The summed E-state index contributed by atoms with van der Waals surface area (Å²) in [6, 6.07) is 15.1. The van der Waals surface area contributed by atoms with Gasteiger partial charge in [-0.25, -0.2) is 13.7 Å². The van der Waals surface area contributed by atoms with Crippen molar-refractivity contribution in [1.82, 2.24) is 0 Å². The lowest BCUT2D eigenvalue weighted by atomic mass is 9.99. The van der Waals surface area contributed by atoms with Crippen LogP contribution >= 0.6 is 0 Å². The first-order valence-corrected chi connectivity index (χ1v) is 10.5. The maximum absolute atomic E-state index is 14.6. The molecule has 0 saturated carbocycles. The summed E-state index contributed by atoms with van der Waals surface area (Å²) in [7, 11) is 0. The number of hydrogen-bond donors (Lipinski definition) is 1. The zero-order valence-electron chi connectivity index (χ0n) is 18.4. The molecule has 0 fully saturated rings. The van der Waals surface area contributed by atoms with E-state index in [4.69, 9.17) is 4.74 Å². The minimum atomic E-state index is -1.01. The Balaban J connectivity index is 1.87. The third-order valence-electron chi connectivity index (χ3n) is 5.48. The molecule has 7 heteroatoms. The summed E-state index contributed by atoms with van der Waals surface area (Å²) < 4.78 is 33.7. The molecule has 2 amide bonds. The maximum Gasteiger partial charge on any atom is 0.282 e. The predicted molar refractivity (Wildman–Crippen MR) is 123 cm³/mol. The monoisotopic (exact) mass is 448 g/mol. The minimum Gasteiger partial charge on any atom is -0.492 e. The Morgan fingerprint density at radius 2 is 1.67 bits per heavy atom. The molecule has 0 spiro atoms. The number of para-hydroxylation sites is 2. The van der Waals surface area contributed by atoms with Crippen molar-refractivity contribution in [3.8, 4) is 5.75 Å². The first-order valence-electron chi connectivity index (χ1n) is 10.5. The summed E-state index contributed by atoms with van der Waals surface area (Å²) in [5.41, 5.74) is 2.71. The second-order valence-electron chi connectivity index (χ2n) is 7.64. The Morgan fingerprint density at radius 3 is 2.36 bits per heavy atom. The number of rotatable bonds is 6. The lowest BCUT2D eigenvalue weighted by Gasteiger charge is -2.16. The molecule has 3 aromatic rings. The van der Waals surface area contributed by atoms with Crippen LogP contribution in [0.1, 0.15) is 23.6 Å². The van der Waals surface area contributed by atoms with Gasteiger partial charge in [0.05, 0.1) is 23.6 Å². The number of halogens is 2. The summed E-state index contributed by atoms with van der Waals surface area (Å²) in [5.74, 6) is -2.76. The van der Waals surface area contributed by atoms with E-state index in [1.165, 1.54) is 0 Å². The summed E-state index contributed by atoms with van der Waals surface area (Å²) in [5, 5.41) is 3.03. The molecular weight excluding hydrogens is 426 g/mol. The molecule has 5 nitrogen and oxygen atoms in total. The molecule has 0 aromatic heterocycles. The third-order valence-corrected chi connectivity index (χ3v) is 5.48. The minimum absolute atomic E-state index is 0.0147. The highest BCUT2D eigenvalue weighted by Gasteiger charge is 2.41. The topological polar surface area (TPSA) is 58.6 Å². The molecular formula is C26H22F2N2O3. The first kappa shape index (κ1) is 22.2. The highest BCUT2D eigenvalue weighted by molar-refractivity contribution is 6.46. The number of amides is 2. The van der Waals surface area contributed by atoms with E-state index in [2.05, 4.69) is 5.32 Å². The van der Waals surface area contributed by atoms with E-state index >= 15 is 0 Å². The van der Waals surface area contributed by atoms with Crippen LogP contribution in [0.25, 0.3) is 5.57 Å². The lowest BCUT2D eigenvalue weighted by Crippen LogP contribution is -2.33. The van der Waals surface area contributed by atoms with Gasteiger partial charge >= 0.3 is 0 Å². The largest absolute Gasteiger partial charge is 0.492 e. The number of aryl methyl sites for hydroxylation is 2. The number of anilines is 2. The molecule has 1 N–H and O–H groups in total. The van der Waals surface area contributed by atoms with Gasteiger partial charge in [0.15, 0.2) is 0 Å². The van der Waals surface area contributed by atoms with E-state index < -0.39 is 23.4 Å². The normalized spacial score (nSPS) is 13.7.